The molecule has 3 nitrogen and oxygen atoms in total. The Labute approximate surface area is 136 Å². The van der Waals surface area contributed by atoms with Gasteiger partial charge < -0.3 is 10.1 Å². The van der Waals surface area contributed by atoms with Crippen molar-refractivity contribution in [2.75, 3.05) is 19.4 Å². The summed E-state index contributed by atoms with van der Waals surface area (Å²) >= 11 is 1.68. The van der Waals surface area contributed by atoms with Gasteiger partial charge in [-0.2, -0.15) is 0 Å². The number of rotatable bonds is 8. The van der Waals surface area contributed by atoms with E-state index in [1.54, 1.807) is 11.8 Å². The summed E-state index contributed by atoms with van der Waals surface area (Å²) in [7, 11) is 0. The minimum absolute atomic E-state index is 0.0595. The van der Waals surface area contributed by atoms with Crippen molar-refractivity contribution in [3.8, 4) is 5.75 Å². The highest BCUT2D eigenvalue weighted by Gasteiger charge is 2.02. The number of carbonyl (C=O) groups excluding carboxylic acids is 1. The number of thioether (sulfide) groups is 1. The lowest BCUT2D eigenvalue weighted by atomic mass is 10.1. The second-order valence-corrected chi connectivity index (χ2v) is 5.78. The van der Waals surface area contributed by atoms with E-state index in [-0.39, 0.29) is 12.5 Å². The molecule has 0 aliphatic heterocycles. The van der Waals surface area contributed by atoms with Crippen molar-refractivity contribution in [3.63, 3.8) is 0 Å². The second-order valence-electron chi connectivity index (χ2n) is 4.90. The van der Waals surface area contributed by atoms with E-state index in [2.05, 4.69) is 17.4 Å². The first-order chi connectivity index (χ1) is 10.8. The maximum absolute atomic E-state index is 11.7. The molecule has 22 heavy (non-hydrogen) atoms. The Bertz CT molecular complexity index is 569. The van der Waals surface area contributed by atoms with Gasteiger partial charge in [-0.15, -0.1) is 11.8 Å². The van der Waals surface area contributed by atoms with Gasteiger partial charge in [-0.25, -0.2) is 0 Å². The predicted molar refractivity (Wildman–Crippen MR) is 91.5 cm³/mol. The first kappa shape index (κ1) is 16.4. The van der Waals surface area contributed by atoms with Crippen molar-refractivity contribution in [3.05, 3.63) is 60.2 Å². The monoisotopic (exact) mass is 315 g/mol. The zero-order valence-corrected chi connectivity index (χ0v) is 13.6. The van der Waals surface area contributed by atoms with Crippen molar-refractivity contribution < 1.29 is 9.53 Å². The Morgan fingerprint density at radius 2 is 1.82 bits per heavy atom. The highest BCUT2D eigenvalue weighted by molar-refractivity contribution is 7.98. The van der Waals surface area contributed by atoms with Crippen molar-refractivity contribution in [2.45, 2.75) is 17.7 Å². The number of hydrogen-bond acceptors (Lipinski definition) is 3. The summed E-state index contributed by atoms with van der Waals surface area (Å²) in [5.41, 5.74) is 1.29. The molecule has 0 aliphatic rings. The molecule has 0 saturated carbocycles. The molecule has 1 amide bonds. The van der Waals surface area contributed by atoms with Crippen LogP contribution in [0.3, 0.4) is 0 Å². The van der Waals surface area contributed by atoms with Crippen LogP contribution in [-0.4, -0.2) is 25.3 Å². The van der Waals surface area contributed by atoms with Crippen LogP contribution in [0.2, 0.25) is 0 Å². The zero-order chi connectivity index (χ0) is 15.6. The summed E-state index contributed by atoms with van der Waals surface area (Å²) in [6.45, 7) is 0.729. The van der Waals surface area contributed by atoms with Gasteiger partial charge in [0.1, 0.15) is 5.75 Å². The lowest BCUT2D eigenvalue weighted by Gasteiger charge is -2.08. The van der Waals surface area contributed by atoms with Gasteiger partial charge in [0.25, 0.3) is 5.91 Å². The third-order valence-corrected chi connectivity index (χ3v) is 3.98. The fraction of sp³-hybridized carbons (Fsp3) is 0.278. The van der Waals surface area contributed by atoms with E-state index in [4.69, 9.17) is 4.74 Å². The van der Waals surface area contributed by atoms with Crippen LogP contribution in [0.1, 0.15) is 12.0 Å². The standard InChI is InChI=1S/C18H21NO2S/c1-22-17-11-9-16(10-12-17)21-14-18(20)19-13-5-8-15-6-3-2-4-7-15/h2-4,6-7,9-12H,5,8,13-14H2,1H3,(H,19,20). The Kier molecular flexibility index (Phi) is 6.84. The molecule has 4 heteroatoms. The van der Waals surface area contributed by atoms with Gasteiger partial charge in [-0.1, -0.05) is 30.3 Å². The number of benzene rings is 2. The summed E-state index contributed by atoms with van der Waals surface area (Å²) in [6, 6.07) is 18.0. The molecule has 0 unspecified atom stereocenters. The average Bonchev–Trinajstić information content (AvgIpc) is 2.58. The van der Waals surface area contributed by atoms with E-state index in [1.165, 1.54) is 10.5 Å². The molecule has 2 aromatic carbocycles. The van der Waals surface area contributed by atoms with Crippen LogP contribution in [0.15, 0.2) is 59.5 Å². The van der Waals surface area contributed by atoms with Crippen LogP contribution in [-0.2, 0) is 11.2 Å². The molecule has 0 atom stereocenters. The molecule has 0 aliphatic carbocycles. The SMILES string of the molecule is CSc1ccc(OCC(=O)NCCCc2ccccc2)cc1. The number of hydrogen-bond donors (Lipinski definition) is 1. The van der Waals surface area contributed by atoms with Gasteiger partial charge in [0.2, 0.25) is 0 Å². The summed E-state index contributed by atoms with van der Waals surface area (Å²) in [5, 5.41) is 2.88. The highest BCUT2D eigenvalue weighted by Crippen LogP contribution is 2.18. The quantitative estimate of drug-likeness (QED) is 0.598. The fourth-order valence-electron chi connectivity index (χ4n) is 2.04. The van der Waals surface area contributed by atoms with Gasteiger partial charge >= 0.3 is 0 Å². The van der Waals surface area contributed by atoms with Gasteiger partial charge in [0.05, 0.1) is 0 Å². The van der Waals surface area contributed by atoms with Gasteiger partial charge in [-0.05, 0) is 48.9 Å². The largest absolute Gasteiger partial charge is 0.484 e. The first-order valence-corrected chi connectivity index (χ1v) is 8.58. The molecular formula is C18H21NO2S. The number of ether oxygens (including phenoxy) is 1. The molecule has 0 aromatic heterocycles. The molecule has 0 radical (unpaired) electrons. The summed E-state index contributed by atoms with van der Waals surface area (Å²) in [5.74, 6) is 0.638. The Balaban J connectivity index is 1.61. The van der Waals surface area contributed by atoms with Crippen LogP contribution in [0, 0.1) is 0 Å². The van der Waals surface area contributed by atoms with Gasteiger partial charge in [0, 0.05) is 11.4 Å². The topological polar surface area (TPSA) is 38.3 Å². The third kappa shape index (κ3) is 5.82. The Morgan fingerprint density at radius 3 is 2.50 bits per heavy atom. The van der Waals surface area contributed by atoms with Crippen LogP contribution >= 0.6 is 11.8 Å². The molecule has 0 bridgehead atoms. The third-order valence-electron chi connectivity index (χ3n) is 3.24. The molecule has 2 aromatic rings. The molecule has 0 heterocycles. The number of amides is 1. The van der Waals surface area contributed by atoms with Crippen molar-refractivity contribution >= 4 is 17.7 Å². The van der Waals surface area contributed by atoms with E-state index in [0.717, 1.165) is 18.6 Å². The number of nitrogens with one attached hydrogen (secondary N) is 1. The average molecular weight is 315 g/mol. The smallest absolute Gasteiger partial charge is 0.257 e. The molecular weight excluding hydrogens is 294 g/mol. The van der Waals surface area contributed by atoms with Crippen LogP contribution < -0.4 is 10.1 Å². The van der Waals surface area contributed by atoms with Crippen molar-refractivity contribution in [2.24, 2.45) is 0 Å². The van der Waals surface area contributed by atoms with Crippen LogP contribution in [0.5, 0.6) is 5.75 Å². The van der Waals surface area contributed by atoms with Gasteiger partial charge in [-0.3, -0.25) is 4.79 Å². The normalized spacial score (nSPS) is 10.2. The Hall–Kier alpha value is -1.94. The van der Waals surface area contributed by atoms with Crippen molar-refractivity contribution in [1.82, 2.24) is 5.32 Å². The van der Waals surface area contributed by atoms with Crippen molar-refractivity contribution in [1.29, 1.82) is 0 Å². The molecule has 0 spiro atoms. The first-order valence-electron chi connectivity index (χ1n) is 7.35. The summed E-state index contributed by atoms with van der Waals surface area (Å²) in [4.78, 5) is 12.9. The number of aryl methyl sites for hydroxylation is 1. The molecule has 0 fully saturated rings. The van der Waals surface area contributed by atoms with Crippen LogP contribution in [0.25, 0.3) is 0 Å². The van der Waals surface area contributed by atoms with E-state index >= 15 is 0 Å². The lowest BCUT2D eigenvalue weighted by Crippen LogP contribution is -2.29. The summed E-state index contributed by atoms with van der Waals surface area (Å²) < 4.78 is 5.46. The predicted octanol–water partition coefficient (Wildman–Crippen LogP) is 3.54. The van der Waals surface area contributed by atoms with Gasteiger partial charge in [0.15, 0.2) is 6.61 Å². The fourth-order valence-corrected chi connectivity index (χ4v) is 2.45. The van der Waals surface area contributed by atoms with E-state index in [9.17, 15) is 4.79 Å². The van der Waals surface area contributed by atoms with E-state index in [1.807, 2.05) is 48.7 Å². The lowest BCUT2D eigenvalue weighted by molar-refractivity contribution is -0.123. The second kappa shape index (κ2) is 9.15. The Morgan fingerprint density at radius 1 is 1.09 bits per heavy atom. The minimum Gasteiger partial charge on any atom is -0.484 e. The molecule has 2 rings (SSSR count). The number of carbonyl (C=O) groups is 1. The molecule has 116 valence electrons. The van der Waals surface area contributed by atoms with E-state index < -0.39 is 0 Å². The van der Waals surface area contributed by atoms with Crippen LogP contribution in [0.4, 0.5) is 0 Å². The minimum atomic E-state index is -0.0815. The summed E-state index contributed by atoms with van der Waals surface area (Å²) in [6.07, 6.45) is 3.93. The zero-order valence-electron chi connectivity index (χ0n) is 12.7. The van der Waals surface area contributed by atoms with E-state index in [0.29, 0.717) is 6.54 Å². The maximum Gasteiger partial charge on any atom is 0.257 e. The maximum atomic E-state index is 11.7. The molecule has 1 N–H and O–H groups in total. The highest BCUT2D eigenvalue weighted by atomic mass is 32.2. The molecule has 0 saturated heterocycles.